The van der Waals surface area contributed by atoms with E-state index in [0.717, 1.165) is 38.9 Å². The summed E-state index contributed by atoms with van der Waals surface area (Å²) in [5.41, 5.74) is 6.20. The van der Waals surface area contributed by atoms with E-state index in [0.29, 0.717) is 17.4 Å². The second-order valence-electron chi connectivity index (χ2n) is 5.15. The van der Waals surface area contributed by atoms with Gasteiger partial charge in [0.1, 0.15) is 5.69 Å². The van der Waals surface area contributed by atoms with Gasteiger partial charge >= 0.3 is 5.69 Å². The van der Waals surface area contributed by atoms with Crippen molar-refractivity contribution in [2.75, 3.05) is 24.5 Å². The first-order valence-corrected chi connectivity index (χ1v) is 6.67. The first-order valence-electron chi connectivity index (χ1n) is 6.67. The maximum absolute atomic E-state index is 11.2. The minimum absolute atomic E-state index is 0.139. The fourth-order valence-corrected chi connectivity index (χ4v) is 2.87. The second-order valence-corrected chi connectivity index (χ2v) is 5.15. The van der Waals surface area contributed by atoms with Crippen molar-refractivity contribution in [2.24, 2.45) is 18.7 Å². The molecule has 1 fully saturated rings. The predicted molar refractivity (Wildman–Crippen MR) is 73.2 cm³/mol. The molecule has 1 aliphatic rings. The zero-order valence-corrected chi connectivity index (χ0v) is 11.5. The molecular weight excluding hydrogens is 246 g/mol. The Morgan fingerprint density at radius 2 is 2.11 bits per heavy atom. The molecule has 0 aliphatic carbocycles. The van der Waals surface area contributed by atoms with Crippen LogP contribution in [0.5, 0.6) is 0 Å². The molecule has 0 aromatic carbocycles. The van der Waals surface area contributed by atoms with Gasteiger partial charge in [-0.1, -0.05) is 0 Å². The summed E-state index contributed by atoms with van der Waals surface area (Å²) in [7, 11) is 1.77. The summed E-state index contributed by atoms with van der Waals surface area (Å²) in [5.74, 6) is 1.28. The van der Waals surface area contributed by atoms with Crippen molar-refractivity contribution >= 4 is 11.5 Å². The smallest absolute Gasteiger partial charge is 0.333 e. The van der Waals surface area contributed by atoms with Crippen LogP contribution < -0.4 is 10.6 Å². The molecule has 2 rings (SSSR count). The van der Waals surface area contributed by atoms with Crippen molar-refractivity contribution in [3.8, 4) is 0 Å². The third kappa shape index (κ3) is 2.70. The molecule has 1 saturated heterocycles. The van der Waals surface area contributed by atoms with E-state index in [1.165, 1.54) is 0 Å². The van der Waals surface area contributed by atoms with Gasteiger partial charge in [-0.3, -0.25) is 10.1 Å². The molecule has 0 radical (unpaired) electrons. The number of aryl methyl sites for hydroxylation is 2. The molecule has 19 heavy (non-hydrogen) atoms. The maximum atomic E-state index is 11.2. The summed E-state index contributed by atoms with van der Waals surface area (Å²) in [6.07, 6.45) is 3.12. The lowest BCUT2D eigenvalue weighted by Crippen LogP contribution is -2.35. The quantitative estimate of drug-likeness (QED) is 0.654. The molecule has 7 heteroatoms. The molecule has 0 spiro atoms. The topological polar surface area (TPSA) is 90.2 Å². The van der Waals surface area contributed by atoms with Gasteiger partial charge in [-0.05, 0) is 38.6 Å². The number of aromatic nitrogens is 2. The Labute approximate surface area is 112 Å². The number of nitro groups is 1. The van der Waals surface area contributed by atoms with Crippen LogP contribution in [0.1, 0.15) is 25.0 Å². The number of nitrogens with zero attached hydrogens (tertiary/aromatic N) is 4. The van der Waals surface area contributed by atoms with E-state index in [1.54, 1.807) is 18.7 Å². The van der Waals surface area contributed by atoms with E-state index in [4.69, 9.17) is 5.73 Å². The minimum atomic E-state index is -0.330. The first kappa shape index (κ1) is 13.8. The third-order valence-electron chi connectivity index (χ3n) is 3.83. The van der Waals surface area contributed by atoms with Crippen molar-refractivity contribution in [3.05, 3.63) is 15.8 Å². The van der Waals surface area contributed by atoms with Crippen LogP contribution in [0, 0.1) is 23.0 Å². The molecule has 1 aliphatic heterocycles. The Kier molecular flexibility index (Phi) is 4.04. The van der Waals surface area contributed by atoms with E-state index in [-0.39, 0.29) is 10.6 Å². The highest BCUT2D eigenvalue weighted by Crippen LogP contribution is 2.33. The Hall–Kier alpha value is -1.63. The first-order chi connectivity index (χ1) is 9.04. The highest BCUT2D eigenvalue weighted by Gasteiger charge is 2.30. The summed E-state index contributed by atoms with van der Waals surface area (Å²) in [6, 6.07) is 0. The lowest BCUT2D eigenvalue weighted by Gasteiger charge is -2.32. The summed E-state index contributed by atoms with van der Waals surface area (Å²) in [5, 5.41) is 15.4. The zero-order chi connectivity index (χ0) is 14.0. The molecule has 1 aromatic heterocycles. The van der Waals surface area contributed by atoms with Gasteiger partial charge in [-0.2, -0.15) is 5.10 Å². The van der Waals surface area contributed by atoms with Crippen LogP contribution in [0.25, 0.3) is 0 Å². The molecule has 0 saturated carbocycles. The SMILES string of the molecule is Cc1nn(C)c(N2CCC(CCN)CC2)c1[N+](=O)[O-]. The van der Waals surface area contributed by atoms with E-state index < -0.39 is 0 Å². The summed E-state index contributed by atoms with van der Waals surface area (Å²) in [4.78, 5) is 12.9. The number of anilines is 1. The van der Waals surface area contributed by atoms with Crippen molar-refractivity contribution < 1.29 is 4.92 Å². The van der Waals surface area contributed by atoms with Gasteiger partial charge in [0.25, 0.3) is 0 Å². The summed E-state index contributed by atoms with van der Waals surface area (Å²) in [6.45, 7) is 4.08. The van der Waals surface area contributed by atoms with Crippen LogP contribution in [-0.4, -0.2) is 34.3 Å². The fourth-order valence-electron chi connectivity index (χ4n) is 2.87. The van der Waals surface area contributed by atoms with Gasteiger partial charge in [-0.15, -0.1) is 0 Å². The number of hydrogen-bond acceptors (Lipinski definition) is 5. The van der Waals surface area contributed by atoms with Gasteiger partial charge in [0.2, 0.25) is 5.82 Å². The number of nitrogens with two attached hydrogens (primary N) is 1. The van der Waals surface area contributed by atoms with Gasteiger partial charge in [0.15, 0.2) is 0 Å². The second kappa shape index (κ2) is 5.56. The molecule has 2 N–H and O–H groups in total. The van der Waals surface area contributed by atoms with Gasteiger partial charge < -0.3 is 10.6 Å². The van der Waals surface area contributed by atoms with Crippen LogP contribution in [-0.2, 0) is 7.05 Å². The highest BCUT2D eigenvalue weighted by atomic mass is 16.6. The molecule has 1 aromatic rings. The minimum Gasteiger partial charge on any atom is -0.351 e. The van der Waals surface area contributed by atoms with Crippen LogP contribution in [0.4, 0.5) is 11.5 Å². The lowest BCUT2D eigenvalue weighted by molar-refractivity contribution is -0.384. The lowest BCUT2D eigenvalue weighted by atomic mass is 9.93. The van der Waals surface area contributed by atoms with Gasteiger partial charge in [0.05, 0.1) is 4.92 Å². The van der Waals surface area contributed by atoms with Crippen LogP contribution in [0.3, 0.4) is 0 Å². The average molecular weight is 267 g/mol. The molecule has 2 heterocycles. The maximum Gasteiger partial charge on any atom is 0.333 e. The van der Waals surface area contributed by atoms with Crippen molar-refractivity contribution in [3.63, 3.8) is 0 Å². The van der Waals surface area contributed by atoms with E-state index >= 15 is 0 Å². The number of hydrogen-bond donors (Lipinski definition) is 1. The Morgan fingerprint density at radius 1 is 1.47 bits per heavy atom. The van der Waals surface area contributed by atoms with Crippen LogP contribution >= 0.6 is 0 Å². The number of piperidine rings is 1. The molecule has 0 atom stereocenters. The van der Waals surface area contributed by atoms with E-state index in [9.17, 15) is 10.1 Å². The Morgan fingerprint density at radius 3 is 2.63 bits per heavy atom. The Bertz CT molecular complexity index is 463. The number of rotatable bonds is 4. The van der Waals surface area contributed by atoms with Gasteiger partial charge in [-0.25, -0.2) is 4.68 Å². The van der Waals surface area contributed by atoms with Crippen molar-refractivity contribution in [1.82, 2.24) is 9.78 Å². The Balaban J connectivity index is 2.17. The normalized spacial score (nSPS) is 16.9. The van der Waals surface area contributed by atoms with E-state index in [1.807, 2.05) is 0 Å². The zero-order valence-electron chi connectivity index (χ0n) is 11.5. The van der Waals surface area contributed by atoms with Crippen molar-refractivity contribution in [2.45, 2.75) is 26.2 Å². The molecule has 106 valence electrons. The monoisotopic (exact) mass is 267 g/mol. The van der Waals surface area contributed by atoms with E-state index in [2.05, 4.69) is 10.00 Å². The highest BCUT2D eigenvalue weighted by molar-refractivity contribution is 5.61. The molecule has 7 nitrogen and oxygen atoms in total. The molecule has 0 amide bonds. The van der Waals surface area contributed by atoms with Crippen molar-refractivity contribution in [1.29, 1.82) is 0 Å². The standard InChI is InChI=1S/C12H21N5O2/c1-9-11(17(18)19)12(15(2)14-9)16-7-4-10(3-6-13)5-8-16/h10H,3-8,13H2,1-2H3. The molecular formula is C12H21N5O2. The van der Waals surface area contributed by atoms with Gasteiger partial charge in [0, 0.05) is 20.1 Å². The third-order valence-corrected chi connectivity index (χ3v) is 3.83. The molecule has 0 unspecified atom stereocenters. The largest absolute Gasteiger partial charge is 0.351 e. The summed E-state index contributed by atoms with van der Waals surface area (Å²) >= 11 is 0. The van der Waals surface area contributed by atoms with Crippen LogP contribution in [0.15, 0.2) is 0 Å². The average Bonchev–Trinajstić information content (AvgIpc) is 2.66. The predicted octanol–water partition coefficient (Wildman–Crippen LogP) is 1.20. The summed E-state index contributed by atoms with van der Waals surface area (Å²) < 4.78 is 1.62. The molecule has 0 bridgehead atoms. The fraction of sp³-hybridized carbons (Fsp3) is 0.750. The van der Waals surface area contributed by atoms with Crippen LogP contribution in [0.2, 0.25) is 0 Å².